The number of methoxy groups -OCH3 is 1. The van der Waals surface area contributed by atoms with Gasteiger partial charge in [-0.2, -0.15) is 0 Å². The molecule has 102 valence electrons. The van der Waals surface area contributed by atoms with Crippen LogP contribution in [0.15, 0.2) is 18.2 Å². The Morgan fingerprint density at radius 2 is 2.32 bits per heavy atom. The highest BCUT2D eigenvalue weighted by atomic mass is 19.1. The van der Waals surface area contributed by atoms with E-state index in [2.05, 4.69) is 4.74 Å². The molecule has 1 aliphatic heterocycles. The van der Waals surface area contributed by atoms with Crippen molar-refractivity contribution in [2.24, 2.45) is 5.92 Å². The molecule has 0 aliphatic carbocycles. The van der Waals surface area contributed by atoms with Crippen LogP contribution in [0, 0.1) is 21.8 Å². The number of carbonyl (C=O) groups is 1. The summed E-state index contributed by atoms with van der Waals surface area (Å²) in [5.41, 5.74) is 0.0447. The van der Waals surface area contributed by atoms with Gasteiger partial charge in [-0.1, -0.05) is 0 Å². The highest BCUT2D eigenvalue weighted by Crippen LogP contribution is 2.33. The first-order chi connectivity index (χ1) is 9.02. The number of nitro groups is 1. The summed E-state index contributed by atoms with van der Waals surface area (Å²) in [6, 6.07) is 3.31. The van der Waals surface area contributed by atoms with E-state index in [0.29, 0.717) is 19.5 Å². The fraction of sp³-hybridized carbons (Fsp3) is 0.417. The second-order valence-electron chi connectivity index (χ2n) is 4.34. The fourth-order valence-corrected chi connectivity index (χ4v) is 2.24. The lowest BCUT2D eigenvalue weighted by Crippen LogP contribution is -2.24. The van der Waals surface area contributed by atoms with Crippen molar-refractivity contribution in [3.05, 3.63) is 34.1 Å². The van der Waals surface area contributed by atoms with Gasteiger partial charge >= 0.3 is 5.97 Å². The molecule has 6 nitrogen and oxygen atoms in total. The summed E-state index contributed by atoms with van der Waals surface area (Å²) in [4.78, 5) is 23.4. The highest BCUT2D eigenvalue weighted by Gasteiger charge is 2.32. The minimum absolute atomic E-state index is 0.160. The molecule has 0 aromatic heterocycles. The Bertz CT molecular complexity index is 520. The first-order valence-electron chi connectivity index (χ1n) is 5.79. The first-order valence-corrected chi connectivity index (χ1v) is 5.79. The molecule has 0 radical (unpaired) electrons. The summed E-state index contributed by atoms with van der Waals surface area (Å²) in [5.74, 6) is -1.21. The van der Waals surface area contributed by atoms with E-state index in [1.807, 2.05) is 0 Å². The van der Waals surface area contributed by atoms with Gasteiger partial charge in [0.2, 0.25) is 0 Å². The summed E-state index contributed by atoms with van der Waals surface area (Å²) >= 11 is 0. The summed E-state index contributed by atoms with van der Waals surface area (Å²) in [7, 11) is 1.30. The molecule has 1 heterocycles. The van der Waals surface area contributed by atoms with Crippen LogP contribution in [-0.2, 0) is 9.53 Å². The summed E-state index contributed by atoms with van der Waals surface area (Å²) in [5, 5.41) is 10.9. The van der Waals surface area contributed by atoms with Crippen molar-refractivity contribution in [1.82, 2.24) is 0 Å². The molecule has 1 fully saturated rings. The molecule has 1 aromatic rings. The first kappa shape index (κ1) is 13.3. The fourth-order valence-electron chi connectivity index (χ4n) is 2.24. The van der Waals surface area contributed by atoms with Crippen molar-refractivity contribution in [1.29, 1.82) is 0 Å². The van der Waals surface area contributed by atoms with Crippen LogP contribution in [0.5, 0.6) is 0 Å². The van der Waals surface area contributed by atoms with Crippen LogP contribution in [0.25, 0.3) is 0 Å². The van der Waals surface area contributed by atoms with Crippen molar-refractivity contribution in [3.8, 4) is 0 Å². The van der Waals surface area contributed by atoms with Gasteiger partial charge in [0, 0.05) is 25.2 Å². The SMILES string of the molecule is COC(=O)C1CCN(c2cc(F)ccc2[N+](=O)[O-])C1. The standard InChI is InChI=1S/C12H13FN2O4/c1-19-12(16)8-4-5-14(7-8)11-6-9(13)2-3-10(11)15(17)18/h2-3,6,8H,4-5,7H2,1H3. The third kappa shape index (κ3) is 2.64. The Morgan fingerprint density at radius 3 is 2.95 bits per heavy atom. The lowest BCUT2D eigenvalue weighted by atomic mass is 10.1. The van der Waals surface area contributed by atoms with E-state index in [1.54, 1.807) is 4.90 Å². The maximum absolute atomic E-state index is 13.2. The lowest BCUT2D eigenvalue weighted by molar-refractivity contribution is -0.384. The van der Waals surface area contributed by atoms with Gasteiger partial charge in [-0.25, -0.2) is 4.39 Å². The Hall–Kier alpha value is -2.18. The zero-order valence-electron chi connectivity index (χ0n) is 10.3. The number of rotatable bonds is 3. The third-order valence-corrected chi connectivity index (χ3v) is 3.20. The average Bonchev–Trinajstić information content (AvgIpc) is 2.86. The molecule has 1 atom stereocenters. The van der Waals surface area contributed by atoms with Crippen molar-refractivity contribution >= 4 is 17.3 Å². The number of nitrogens with zero attached hydrogens (tertiary/aromatic N) is 2. The maximum Gasteiger partial charge on any atom is 0.310 e. The van der Waals surface area contributed by atoms with Crippen LogP contribution in [0.3, 0.4) is 0 Å². The van der Waals surface area contributed by atoms with E-state index >= 15 is 0 Å². The van der Waals surface area contributed by atoms with Crippen LogP contribution in [0.4, 0.5) is 15.8 Å². The van der Waals surface area contributed by atoms with E-state index in [-0.39, 0.29) is 23.3 Å². The minimum atomic E-state index is -0.555. The van der Waals surface area contributed by atoms with Gasteiger partial charge in [-0.15, -0.1) is 0 Å². The number of anilines is 1. The largest absolute Gasteiger partial charge is 0.469 e. The van der Waals surface area contributed by atoms with Gasteiger partial charge in [0.25, 0.3) is 5.69 Å². The molecule has 2 rings (SSSR count). The van der Waals surface area contributed by atoms with Crippen LogP contribution in [-0.4, -0.2) is 31.1 Å². The van der Waals surface area contributed by atoms with E-state index in [0.717, 1.165) is 18.2 Å². The van der Waals surface area contributed by atoms with E-state index in [9.17, 15) is 19.3 Å². The Kier molecular flexibility index (Phi) is 3.64. The number of carbonyl (C=O) groups excluding carboxylic acids is 1. The Balaban J connectivity index is 2.26. The number of hydrogen-bond donors (Lipinski definition) is 0. The zero-order valence-corrected chi connectivity index (χ0v) is 10.3. The molecule has 0 spiro atoms. The molecule has 1 aromatic carbocycles. The molecule has 0 saturated carbocycles. The topological polar surface area (TPSA) is 72.7 Å². The monoisotopic (exact) mass is 268 g/mol. The van der Waals surface area contributed by atoms with Crippen LogP contribution in [0.1, 0.15) is 6.42 Å². The quantitative estimate of drug-likeness (QED) is 0.474. The zero-order chi connectivity index (χ0) is 14.0. The van der Waals surface area contributed by atoms with Crippen molar-refractivity contribution in [2.45, 2.75) is 6.42 Å². The second kappa shape index (κ2) is 5.21. The van der Waals surface area contributed by atoms with E-state index in [4.69, 9.17) is 0 Å². The van der Waals surface area contributed by atoms with Gasteiger partial charge in [-0.3, -0.25) is 14.9 Å². The molecular weight excluding hydrogens is 255 g/mol. The van der Waals surface area contributed by atoms with E-state index in [1.165, 1.54) is 7.11 Å². The summed E-state index contributed by atoms with van der Waals surface area (Å²) in [6.07, 6.45) is 0.542. The van der Waals surface area contributed by atoms with Crippen LogP contribution >= 0.6 is 0 Å². The van der Waals surface area contributed by atoms with Gasteiger partial charge < -0.3 is 9.64 Å². The third-order valence-electron chi connectivity index (χ3n) is 3.20. The molecule has 19 heavy (non-hydrogen) atoms. The molecule has 1 aliphatic rings. The van der Waals surface area contributed by atoms with Gasteiger partial charge in [0.05, 0.1) is 18.0 Å². The maximum atomic E-state index is 13.2. The van der Waals surface area contributed by atoms with Crippen molar-refractivity contribution in [2.75, 3.05) is 25.1 Å². The predicted octanol–water partition coefficient (Wildman–Crippen LogP) is 1.73. The van der Waals surface area contributed by atoms with Crippen molar-refractivity contribution < 1.29 is 18.8 Å². The van der Waals surface area contributed by atoms with Crippen molar-refractivity contribution in [3.63, 3.8) is 0 Å². The molecular formula is C12H13FN2O4. The number of esters is 1. The lowest BCUT2D eigenvalue weighted by Gasteiger charge is -2.18. The summed E-state index contributed by atoms with van der Waals surface area (Å²) < 4.78 is 17.9. The number of hydrogen-bond acceptors (Lipinski definition) is 5. The smallest absolute Gasteiger partial charge is 0.310 e. The van der Waals surface area contributed by atoms with Gasteiger partial charge in [0.15, 0.2) is 0 Å². The average molecular weight is 268 g/mol. The summed E-state index contributed by atoms with van der Waals surface area (Å²) in [6.45, 7) is 0.765. The Morgan fingerprint density at radius 1 is 1.58 bits per heavy atom. The number of ether oxygens (including phenoxy) is 1. The molecule has 7 heteroatoms. The number of halogens is 1. The number of nitro benzene ring substituents is 1. The molecule has 0 amide bonds. The predicted molar refractivity (Wildman–Crippen MR) is 65.4 cm³/mol. The normalized spacial score (nSPS) is 18.4. The molecule has 1 unspecified atom stereocenters. The van der Waals surface area contributed by atoms with Gasteiger partial charge in [-0.05, 0) is 12.5 Å². The van der Waals surface area contributed by atoms with Crippen LogP contribution < -0.4 is 4.90 Å². The molecule has 1 saturated heterocycles. The molecule has 0 bridgehead atoms. The minimum Gasteiger partial charge on any atom is -0.469 e. The second-order valence-corrected chi connectivity index (χ2v) is 4.34. The Labute approximate surface area is 108 Å². The van der Waals surface area contributed by atoms with E-state index < -0.39 is 10.7 Å². The molecule has 0 N–H and O–H groups in total. The van der Waals surface area contributed by atoms with Gasteiger partial charge in [0.1, 0.15) is 11.5 Å². The highest BCUT2D eigenvalue weighted by molar-refractivity contribution is 5.75. The number of benzene rings is 1. The van der Waals surface area contributed by atoms with Crippen LogP contribution in [0.2, 0.25) is 0 Å².